The molecule has 1 aliphatic heterocycles. The number of nitrogens with zero attached hydrogens (tertiary/aromatic N) is 5. The molecule has 0 unspecified atom stereocenters. The van der Waals surface area contributed by atoms with Crippen molar-refractivity contribution in [3.8, 4) is 22.8 Å². The minimum absolute atomic E-state index is 0.193. The van der Waals surface area contributed by atoms with Crippen molar-refractivity contribution in [2.75, 3.05) is 60.1 Å². The molecule has 0 bridgehead atoms. The number of piperazine rings is 1. The third-order valence-corrected chi connectivity index (χ3v) is 10.2. The van der Waals surface area contributed by atoms with E-state index in [0.717, 1.165) is 79.7 Å². The fourth-order valence-corrected chi connectivity index (χ4v) is 7.59. The summed E-state index contributed by atoms with van der Waals surface area (Å²) in [5.41, 5.74) is 3.60. The molecule has 1 aliphatic rings. The first-order chi connectivity index (χ1) is 21.3. The molecule has 5 aromatic rings. The zero-order chi connectivity index (χ0) is 30.8. The lowest BCUT2D eigenvalue weighted by Crippen LogP contribution is -2.47. The quantitative estimate of drug-likeness (QED) is 0.235. The summed E-state index contributed by atoms with van der Waals surface area (Å²) >= 11 is 0. The number of rotatable bonds is 11. The van der Waals surface area contributed by atoms with Crippen molar-refractivity contribution in [1.29, 1.82) is 0 Å². The number of methoxy groups -OCH3 is 2. The highest BCUT2D eigenvalue weighted by Crippen LogP contribution is 2.41. The average molecular weight is 618 g/mol. The number of pyridine rings is 1. The van der Waals surface area contributed by atoms with Gasteiger partial charge in [-0.1, -0.05) is 17.7 Å². The number of hydrogen-bond acceptors (Lipinski definition) is 8. The van der Waals surface area contributed by atoms with E-state index in [4.69, 9.17) is 9.47 Å². The lowest BCUT2D eigenvalue weighted by atomic mass is 10.1. The molecule has 0 aliphatic carbocycles. The van der Waals surface area contributed by atoms with Crippen LogP contribution < -0.4 is 9.47 Å². The Morgan fingerprint density at radius 1 is 0.886 bits per heavy atom. The van der Waals surface area contributed by atoms with Gasteiger partial charge in [0.05, 0.1) is 36.9 Å². The zero-order valence-electron chi connectivity index (χ0n) is 25.4. The first kappa shape index (κ1) is 30.1. The molecular weight excluding hydrogens is 578 g/mol. The highest BCUT2D eigenvalue weighted by Gasteiger charge is 2.27. The van der Waals surface area contributed by atoms with Crippen LogP contribution in [0.4, 0.5) is 0 Å². The number of aliphatic hydroxyl groups is 1. The molecule has 0 radical (unpaired) electrons. The Morgan fingerprint density at radius 3 is 2.25 bits per heavy atom. The van der Waals surface area contributed by atoms with E-state index in [0.29, 0.717) is 22.8 Å². The van der Waals surface area contributed by atoms with Gasteiger partial charge in [0.2, 0.25) is 0 Å². The van der Waals surface area contributed by atoms with Crippen molar-refractivity contribution < 1.29 is 23.0 Å². The summed E-state index contributed by atoms with van der Waals surface area (Å²) in [6.45, 7) is 8.42. The van der Waals surface area contributed by atoms with Crippen LogP contribution >= 0.6 is 0 Å². The summed E-state index contributed by atoms with van der Waals surface area (Å²) < 4.78 is 43.4. The summed E-state index contributed by atoms with van der Waals surface area (Å²) in [4.78, 5) is 9.47. The molecule has 0 saturated carbocycles. The number of benzene rings is 2. The van der Waals surface area contributed by atoms with E-state index in [9.17, 15) is 13.5 Å². The van der Waals surface area contributed by atoms with E-state index in [-0.39, 0.29) is 11.5 Å². The van der Waals surface area contributed by atoms with Gasteiger partial charge in [-0.25, -0.2) is 17.4 Å². The second kappa shape index (κ2) is 12.6. The van der Waals surface area contributed by atoms with E-state index < -0.39 is 10.0 Å². The van der Waals surface area contributed by atoms with Gasteiger partial charge in [0.25, 0.3) is 10.0 Å². The van der Waals surface area contributed by atoms with Crippen molar-refractivity contribution in [3.05, 3.63) is 72.6 Å². The number of fused-ring (bicyclic) bond motifs is 2. The van der Waals surface area contributed by atoms with Crippen LogP contribution in [0.15, 0.2) is 71.9 Å². The Labute approximate surface area is 258 Å². The Kier molecular flexibility index (Phi) is 8.64. The number of aliphatic hydroxyl groups excluding tert-OH is 1. The fourth-order valence-electron chi connectivity index (χ4n) is 6.11. The monoisotopic (exact) mass is 617 g/mol. The number of hydrogen-bond donors (Lipinski definition) is 1. The van der Waals surface area contributed by atoms with Gasteiger partial charge < -0.3 is 24.0 Å². The standard InChI is InChI=1S/C33H39N5O5S/c1-24-7-9-26(10-8-24)44(40,41)38-30(20-25-6-4-11-34-33(25)38)28-23-37(29-22-32(43-3)31(42-2)21-27(28)29)13-5-12-35-14-16-36(17-15-35)18-19-39/h4,6-11,20-23,39H,5,12-19H2,1-3H3. The first-order valence-corrected chi connectivity index (χ1v) is 16.4. The summed E-state index contributed by atoms with van der Waals surface area (Å²) in [6.07, 6.45) is 4.58. The maximum absolute atomic E-state index is 14.2. The van der Waals surface area contributed by atoms with E-state index >= 15 is 0 Å². The second-order valence-electron chi connectivity index (χ2n) is 11.2. The molecule has 11 heteroatoms. The molecule has 3 aromatic heterocycles. The molecule has 0 atom stereocenters. The maximum atomic E-state index is 14.2. The zero-order valence-corrected chi connectivity index (χ0v) is 26.3. The highest BCUT2D eigenvalue weighted by molar-refractivity contribution is 7.90. The molecular formula is C33H39N5O5S. The van der Waals surface area contributed by atoms with Crippen LogP contribution in [0.5, 0.6) is 11.5 Å². The summed E-state index contributed by atoms with van der Waals surface area (Å²) in [6, 6.07) is 16.4. The van der Waals surface area contributed by atoms with E-state index in [1.165, 1.54) is 3.97 Å². The predicted octanol–water partition coefficient (Wildman–Crippen LogP) is 4.22. The van der Waals surface area contributed by atoms with E-state index in [1.54, 1.807) is 44.7 Å². The highest BCUT2D eigenvalue weighted by atomic mass is 32.2. The topological polar surface area (TPSA) is 102 Å². The first-order valence-electron chi connectivity index (χ1n) is 14.9. The van der Waals surface area contributed by atoms with E-state index in [2.05, 4.69) is 19.4 Å². The van der Waals surface area contributed by atoms with E-state index in [1.807, 2.05) is 43.5 Å². The number of ether oxygens (including phenoxy) is 2. The molecule has 44 heavy (non-hydrogen) atoms. The molecule has 1 fully saturated rings. The molecule has 1 saturated heterocycles. The third-order valence-electron chi connectivity index (χ3n) is 8.50. The van der Waals surface area contributed by atoms with Crippen LogP contribution in [0.25, 0.3) is 33.2 Å². The van der Waals surface area contributed by atoms with Gasteiger partial charge in [0, 0.05) is 74.1 Å². The van der Waals surface area contributed by atoms with Crippen molar-refractivity contribution in [1.82, 2.24) is 23.3 Å². The van der Waals surface area contributed by atoms with Gasteiger partial charge in [-0.3, -0.25) is 4.90 Å². The van der Waals surface area contributed by atoms with Crippen molar-refractivity contribution >= 4 is 32.0 Å². The Hall–Kier alpha value is -3.90. The lowest BCUT2D eigenvalue weighted by Gasteiger charge is -2.34. The summed E-state index contributed by atoms with van der Waals surface area (Å²) in [5.74, 6) is 1.18. The summed E-state index contributed by atoms with van der Waals surface area (Å²) in [5, 5.41) is 10.9. The molecule has 2 aromatic carbocycles. The van der Waals surface area contributed by atoms with Crippen molar-refractivity contribution in [2.45, 2.75) is 24.8 Å². The second-order valence-corrected chi connectivity index (χ2v) is 13.0. The molecule has 10 nitrogen and oxygen atoms in total. The van der Waals surface area contributed by atoms with Crippen LogP contribution in [0.1, 0.15) is 12.0 Å². The fraction of sp³-hybridized carbons (Fsp3) is 0.364. The number of β-amino-alcohol motifs (C(OH)–C–C–N with tert-alkyl or cyclic N) is 1. The normalized spacial score (nSPS) is 14.9. The molecule has 6 rings (SSSR count). The van der Waals surface area contributed by atoms with Gasteiger partial charge >= 0.3 is 0 Å². The van der Waals surface area contributed by atoms with Gasteiger partial charge in [-0.2, -0.15) is 0 Å². The summed E-state index contributed by atoms with van der Waals surface area (Å²) in [7, 11) is -0.766. The van der Waals surface area contributed by atoms with Crippen molar-refractivity contribution in [2.24, 2.45) is 0 Å². The average Bonchev–Trinajstić information content (AvgIpc) is 3.60. The molecule has 1 N–H and O–H groups in total. The predicted molar refractivity (Wildman–Crippen MR) is 172 cm³/mol. The van der Waals surface area contributed by atoms with Gasteiger partial charge in [0.15, 0.2) is 17.1 Å². The minimum Gasteiger partial charge on any atom is -0.493 e. The molecule has 4 heterocycles. The Bertz CT molecular complexity index is 1870. The van der Waals surface area contributed by atoms with Crippen LogP contribution in [0, 0.1) is 6.92 Å². The SMILES string of the molecule is COc1cc2c(-c3cc4cccnc4n3S(=O)(=O)c3ccc(C)cc3)cn(CCCN3CCN(CCO)CC3)c2cc1OC. The van der Waals surface area contributed by atoms with Gasteiger partial charge in [-0.05, 0) is 56.3 Å². The maximum Gasteiger partial charge on any atom is 0.269 e. The molecule has 0 spiro atoms. The van der Waals surface area contributed by atoms with Crippen LogP contribution in [0.2, 0.25) is 0 Å². The van der Waals surface area contributed by atoms with Gasteiger partial charge in [0.1, 0.15) is 0 Å². The van der Waals surface area contributed by atoms with Gasteiger partial charge in [-0.15, -0.1) is 0 Å². The van der Waals surface area contributed by atoms with Crippen LogP contribution in [-0.4, -0.2) is 96.9 Å². The Morgan fingerprint density at radius 2 is 1.57 bits per heavy atom. The molecule has 232 valence electrons. The van der Waals surface area contributed by atoms with Crippen LogP contribution in [-0.2, 0) is 16.6 Å². The number of aryl methyl sites for hydroxylation is 2. The minimum atomic E-state index is -3.98. The Balaban J connectivity index is 1.43. The smallest absolute Gasteiger partial charge is 0.269 e. The lowest BCUT2D eigenvalue weighted by molar-refractivity contribution is 0.111. The van der Waals surface area contributed by atoms with Crippen LogP contribution in [0.3, 0.4) is 0 Å². The molecule has 0 amide bonds. The number of aromatic nitrogens is 3. The third kappa shape index (κ3) is 5.68. The largest absolute Gasteiger partial charge is 0.493 e. The van der Waals surface area contributed by atoms with Crippen molar-refractivity contribution in [3.63, 3.8) is 0 Å².